The van der Waals surface area contributed by atoms with Crippen LogP contribution in [0.4, 0.5) is 11.6 Å². The number of benzene rings is 1. The molecular weight excluding hydrogens is 312 g/mol. The van der Waals surface area contributed by atoms with E-state index in [1.807, 2.05) is 32.0 Å². The molecule has 1 aliphatic heterocycles. The summed E-state index contributed by atoms with van der Waals surface area (Å²) in [5.74, 6) is 1.33. The Morgan fingerprint density at radius 3 is 2.52 bits per heavy atom. The van der Waals surface area contributed by atoms with E-state index in [1.54, 1.807) is 6.20 Å². The molecule has 1 aliphatic rings. The second-order valence-electron chi connectivity index (χ2n) is 7.09. The third kappa shape index (κ3) is 3.98. The highest BCUT2D eigenvalue weighted by Crippen LogP contribution is 2.21. The SMILES string of the molecule is Cc1ccc(NC(=O)c2cnc(N3CCC(C)CC3)nc2C)cc1C. The van der Waals surface area contributed by atoms with Crippen molar-refractivity contribution in [2.24, 2.45) is 5.92 Å². The fraction of sp³-hybridized carbons (Fsp3) is 0.450. The van der Waals surface area contributed by atoms with Crippen LogP contribution in [0.3, 0.4) is 0 Å². The van der Waals surface area contributed by atoms with Gasteiger partial charge in [0.25, 0.3) is 5.91 Å². The molecule has 0 aliphatic carbocycles. The van der Waals surface area contributed by atoms with E-state index < -0.39 is 0 Å². The van der Waals surface area contributed by atoms with Crippen LogP contribution in [-0.2, 0) is 0 Å². The molecule has 1 saturated heterocycles. The predicted octanol–water partition coefficient (Wildman–Crippen LogP) is 3.89. The van der Waals surface area contributed by atoms with Crippen molar-refractivity contribution in [2.75, 3.05) is 23.3 Å². The number of aryl methyl sites for hydroxylation is 3. The van der Waals surface area contributed by atoms with Gasteiger partial charge in [-0.3, -0.25) is 4.79 Å². The highest BCUT2D eigenvalue weighted by molar-refractivity contribution is 6.04. The van der Waals surface area contributed by atoms with E-state index in [9.17, 15) is 4.79 Å². The molecular formula is C20H26N4O. The molecule has 132 valence electrons. The van der Waals surface area contributed by atoms with Gasteiger partial charge in [-0.25, -0.2) is 9.97 Å². The van der Waals surface area contributed by atoms with E-state index in [0.29, 0.717) is 11.3 Å². The number of hydrogen-bond donors (Lipinski definition) is 1. The standard InChI is InChI=1S/C20H26N4O/c1-13-7-9-24(10-8-13)20-21-12-18(16(4)22-20)19(25)23-17-6-5-14(2)15(3)11-17/h5-6,11-13H,7-10H2,1-4H3,(H,23,25). The number of carbonyl (C=O) groups excluding carboxylic acids is 1. The van der Waals surface area contributed by atoms with Gasteiger partial charge in [-0.05, 0) is 62.8 Å². The average molecular weight is 338 g/mol. The molecule has 25 heavy (non-hydrogen) atoms. The Morgan fingerprint density at radius 1 is 1.16 bits per heavy atom. The number of amides is 1. The lowest BCUT2D eigenvalue weighted by Gasteiger charge is -2.30. The minimum absolute atomic E-state index is 0.167. The monoisotopic (exact) mass is 338 g/mol. The van der Waals surface area contributed by atoms with Crippen molar-refractivity contribution in [1.29, 1.82) is 0 Å². The first-order chi connectivity index (χ1) is 11.9. The summed E-state index contributed by atoms with van der Waals surface area (Å²) in [4.78, 5) is 23.8. The Balaban J connectivity index is 1.73. The molecule has 0 atom stereocenters. The number of nitrogens with one attached hydrogen (secondary N) is 1. The van der Waals surface area contributed by atoms with Crippen molar-refractivity contribution in [3.8, 4) is 0 Å². The van der Waals surface area contributed by atoms with Gasteiger partial charge in [0.05, 0.1) is 11.3 Å². The minimum Gasteiger partial charge on any atom is -0.341 e. The maximum Gasteiger partial charge on any atom is 0.259 e. The molecule has 3 rings (SSSR count). The van der Waals surface area contributed by atoms with E-state index in [4.69, 9.17) is 0 Å². The lowest BCUT2D eigenvalue weighted by atomic mass is 10.00. The molecule has 1 fully saturated rings. The Kier molecular flexibility index (Phi) is 5.02. The van der Waals surface area contributed by atoms with E-state index in [0.717, 1.165) is 49.0 Å². The van der Waals surface area contributed by atoms with Crippen molar-refractivity contribution in [3.05, 3.63) is 46.8 Å². The smallest absolute Gasteiger partial charge is 0.259 e. The van der Waals surface area contributed by atoms with Crippen LogP contribution in [0, 0.1) is 26.7 Å². The molecule has 1 N–H and O–H groups in total. The summed E-state index contributed by atoms with van der Waals surface area (Å²) in [7, 11) is 0. The summed E-state index contributed by atoms with van der Waals surface area (Å²) < 4.78 is 0. The Bertz CT molecular complexity index is 779. The lowest BCUT2D eigenvalue weighted by molar-refractivity contribution is 0.102. The zero-order valence-electron chi connectivity index (χ0n) is 15.5. The van der Waals surface area contributed by atoms with Crippen molar-refractivity contribution in [3.63, 3.8) is 0 Å². The first kappa shape index (κ1) is 17.4. The number of nitrogens with zero attached hydrogens (tertiary/aromatic N) is 3. The number of piperidine rings is 1. The third-order valence-electron chi connectivity index (χ3n) is 5.04. The van der Waals surface area contributed by atoms with Crippen LogP contribution < -0.4 is 10.2 Å². The molecule has 2 heterocycles. The predicted molar refractivity (Wildman–Crippen MR) is 101 cm³/mol. The van der Waals surface area contributed by atoms with Crippen molar-refractivity contribution < 1.29 is 4.79 Å². The first-order valence-corrected chi connectivity index (χ1v) is 8.91. The molecule has 2 aromatic rings. The van der Waals surface area contributed by atoms with Gasteiger partial charge < -0.3 is 10.2 Å². The molecule has 0 bridgehead atoms. The van der Waals surface area contributed by atoms with Gasteiger partial charge in [-0.15, -0.1) is 0 Å². The van der Waals surface area contributed by atoms with E-state index in [2.05, 4.69) is 34.0 Å². The van der Waals surface area contributed by atoms with Gasteiger partial charge in [0.15, 0.2) is 0 Å². The normalized spacial score (nSPS) is 15.3. The summed E-state index contributed by atoms with van der Waals surface area (Å²) in [6.07, 6.45) is 3.97. The zero-order chi connectivity index (χ0) is 18.0. The molecule has 0 radical (unpaired) electrons. The number of rotatable bonds is 3. The van der Waals surface area contributed by atoms with Crippen LogP contribution in [0.1, 0.15) is 46.9 Å². The van der Waals surface area contributed by atoms with Crippen LogP contribution in [-0.4, -0.2) is 29.0 Å². The molecule has 0 saturated carbocycles. The topological polar surface area (TPSA) is 58.1 Å². The molecule has 1 aromatic carbocycles. The van der Waals surface area contributed by atoms with Crippen molar-refractivity contribution >= 4 is 17.5 Å². The van der Waals surface area contributed by atoms with Gasteiger partial charge in [0, 0.05) is 25.0 Å². The Hall–Kier alpha value is -2.43. The van der Waals surface area contributed by atoms with E-state index in [1.165, 1.54) is 5.56 Å². The third-order valence-corrected chi connectivity index (χ3v) is 5.04. The summed E-state index contributed by atoms with van der Waals surface area (Å²) in [5.41, 5.74) is 4.39. The van der Waals surface area contributed by atoms with Crippen LogP contribution >= 0.6 is 0 Å². The van der Waals surface area contributed by atoms with Gasteiger partial charge >= 0.3 is 0 Å². The van der Waals surface area contributed by atoms with E-state index >= 15 is 0 Å². The van der Waals surface area contributed by atoms with E-state index in [-0.39, 0.29) is 5.91 Å². The molecule has 5 nitrogen and oxygen atoms in total. The fourth-order valence-electron chi connectivity index (χ4n) is 3.06. The minimum atomic E-state index is -0.167. The number of aromatic nitrogens is 2. The number of hydrogen-bond acceptors (Lipinski definition) is 4. The zero-order valence-corrected chi connectivity index (χ0v) is 15.5. The van der Waals surface area contributed by atoms with Crippen LogP contribution in [0.15, 0.2) is 24.4 Å². The maximum atomic E-state index is 12.6. The summed E-state index contributed by atoms with van der Waals surface area (Å²) in [5, 5.41) is 2.94. The first-order valence-electron chi connectivity index (χ1n) is 8.91. The molecule has 1 aromatic heterocycles. The number of carbonyl (C=O) groups is 1. The van der Waals surface area contributed by atoms with Crippen LogP contribution in [0.2, 0.25) is 0 Å². The Morgan fingerprint density at radius 2 is 1.88 bits per heavy atom. The van der Waals surface area contributed by atoms with Crippen LogP contribution in [0.5, 0.6) is 0 Å². The average Bonchev–Trinajstić information content (AvgIpc) is 2.58. The molecule has 0 unspecified atom stereocenters. The summed E-state index contributed by atoms with van der Waals surface area (Å²) in [6.45, 7) is 10.2. The molecule has 0 spiro atoms. The van der Waals surface area contributed by atoms with Gasteiger partial charge in [-0.1, -0.05) is 13.0 Å². The van der Waals surface area contributed by atoms with Crippen molar-refractivity contribution in [2.45, 2.75) is 40.5 Å². The quantitative estimate of drug-likeness (QED) is 0.922. The molecule has 1 amide bonds. The second kappa shape index (κ2) is 7.21. The maximum absolute atomic E-state index is 12.6. The number of anilines is 2. The second-order valence-corrected chi connectivity index (χ2v) is 7.09. The van der Waals surface area contributed by atoms with Crippen LogP contribution in [0.25, 0.3) is 0 Å². The largest absolute Gasteiger partial charge is 0.341 e. The fourth-order valence-corrected chi connectivity index (χ4v) is 3.06. The highest BCUT2D eigenvalue weighted by Gasteiger charge is 2.20. The summed E-state index contributed by atoms with van der Waals surface area (Å²) in [6, 6.07) is 5.90. The Labute approximate surface area is 149 Å². The summed E-state index contributed by atoms with van der Waals surface area (Å²) >= 11 is 0. The lowest BCUT2D eigenvalue weighted by Crippen LogP contribution is -2.34. The van der Waals surface area contributed by atoms with Gasteiger partial charge in [0.1, 0.15) is 0 Å². The van der Waals surface area contributed by atoms with Crippen molar-refractivity contribution in [1.82, 2.24) is 9.97 Å². The van der Waals surface area contributed by atoms with Gasteiger partial charge in [0.2, 0.25) is 5.95 Å². The van der Waals surface area contributed by atoms with Gasteiger partial charge in [-0.2, -0.15) is 0 Å². The molecule has 5 heteroatoms. The highest BCUT2D eigenvalue weighted by atomic mass is 16.1.